The van der Waals surface area contributed by atoms with E-state index in [9.17, 15) is 0 Å². The lowest BCUT2D eigenvalue weighted by Gasteiger charge is -2.40. The maximum absolute atomic E-state index is 5.60. The van der Waals surface area contributed by atoms with Crippen LogP contribution >= 0.6 is 0 Å². The van der Waals surface area contributed by atoms with Gasteiger partial charge in [0.1, 0.15) is 5.82 Å². The van der Waals surface area contributed by atoms with Crippen molar-refractivity contribution in [3.8, 4) is 0 Å². The molecule has 138 valence electrons. The van der Waals surface area contributed by atoms with E-state index in [-0.39, 0.29) is 0 Å². The number of hydrogen-bond acceptors (Lipinski definition) is 5. The average molecular weight is 345 g/mol. The largest absolute Gasteiger partial charge is 0.381 e. The van der Waals surface area contributed by atoms with E-state index in [4.69, 9.17) is 9.72 Å². The molecule has 5 nitrogen and oxygen atoms in total. The van der Waals surface area contributed by atoms with Crippen molar-refractivity contribution < 1.29 is 4.74 Å². The van der Waals surface area contributed by atoms with Crippen molar-refractivity contribution in [3.63, 3.8) is 0 Å². The van der Waals surface area contributed by atoms with E-state index in [0.717, 1.165) is 44.5 Å². The first-order chi connectivity index (χ1) is 12.4. The SMILES string of the molecule is c1cc(CN2CCN(C3CCCCC3)CC2)nc([C@H]2CCCOC2)n1. The molecule has 0 unspecified atom stereocenters. The molecule has 2 aliphatic heterocycles. The van der Waals surface area contributed by atoms with E-state index < -0.39 is 0 Å². The van der Waals surface area contributed by atoms with Gasteiger partial charge in [0.25, 0.3) is 0 Å². The lowest BCUT2D eigenvalue weighted by molar-refractivity contribution is 0.0737. The van der Waals surface area contributed by atoms with Crippen molar-refractivity contribution in [2.75, 3.05) is 39.4 Å². The smallest absolute Gasteiger partial charge is 0.133 e. The van der Waals surface area contributed by atoms with Crippen LogP contribution in [0.4, 0.5) is 0 Å². The Morgan fingerprint density at radius 3 is 2.60 bits per heavy atom. The molecule has 0 N–H and O–H groups in total. The fourth-order valence-electron chi connectivity index (χ4n) is 4.60. The Labute approximate surface area is 151 Å². The third-order valence-electron chi connectivity index (χ3n) is 6.14. The summed E-state index contributed by atoms with van der Waals surface area (Å²) in [6, 6.07) is 2.94. The monoisotopic (exact) mass is 344 g/mol. The molecule has 3 aliphatic rings. The van der Waals surface area contributed by atoms with Crippen LogP contribution in [-0.4, -0.2) is 65.2 Å². The number of nitrogens with zero attached hydrogens (tertiary/aromatic N) is 4. The highest BCUT2D eigenvalue weighted by Gasteiger charge is 2.25. The molecule has 1 atom stereocenters. The summed E-state index contributed by atoms with van der Waals surface area (Å²) in [5.74, 6) is 1.37. The topological polar surface area (TPSA) is 41.5 Å². The molecule has 1 saturated carbocycles. The molecule has 5 heteroatoms. The van der Waals surface area contributed by atoms with Gasteiger partial charge in [0.05, 0.1) is 12.3 Å². The van der Waals surface area contributed by atoms with E-state index >= 15 is 0 Å². The Hall–Kier alpha value is -1.04. The van der Waals surface area contributed by atoms with Crippen molar-refractivity contribution in [1.82, 2.24) is 19.8 Å². The highest BCUT2D eigenvalue weighted by atomic mass is 16.5. The molecule has 0 amide bonds. The van der Waals surface area contributed by atoms with E-state index in [1.807, 2.05) is 6.20 Å². The van der Waals surface area contributed by atoms with Gasteiger partial charge < -0.3 is 4.74 Å². The molecule has 1 aromatic rings. The Bertz CT molecular complexity index is 532. The second kappa shape index (κ2) is 8.56. The summed E-state index contributed by atoms with van der Waals surface area (Å²) in [6.45, 7) is 7.41. The van der Waals surface area contributed by atoms with Gasteiger partial charge in [-0.1, -0.05) is 19.3 Å². The Morgan fingerprint density at radius 2 is 1.84 bits per heavy atom. The molecule has 3 fully saturated rings. The molecule has 2 saturated heterocycles. The number of piperazine rings is 1. The summed E-state index contributed by atoms with van der Waals surface area (Å²) in [6.07, 6.45) is 11.4. The Balaban J connectivity index is 1.29. The average Bonchev–Trinajstić information content (AvgIpc) is 2.70. The molecular weight excluding hydrogens is 312 g/mol. The minimum atomic E-state index is 0.386. The maximum atomic E-state index is 5.60. The van der Waals surface area contributed by atoms with Crippen molar-refractivity contribution in [2.45, 2.75) is 63.5 Å². The van der Waals surface area contributed by atoms with Gasteiger partial charge in [0, 0.05) is 57.5 Å². The van der Waals surface area contributed by atoms with Gasteiger partial charge in [-0.25, -0.2) is 9.97 Å². The summed E-state index contributed by atoms with van der Waals surface area (Å²) in [4.78, 5) is 14.7. The molecule has 0 radical (unpaired) electrons. The van der Waals surface area contributed by atoms with Gasteiger partial charge in [0.2, 0.25) is 0 Å². The number of aromatic nitrogens is 2. The highest BCUT2D eigenvalue weighted by molar-refractivity contribution is 5.06. The summed E-state index contributed by atoms with van der Waals surface area (Å²) >= 11 is 0. The summed E-state index contributed by atoms with van der Waals surface area (Å²) in [7, 11) is 0. The zero-order valence-corrected chi connectivity index (χ0v) is 15.4. The van der Waals surface area contributed by atoms with E-state index in [1.54, 1.807) is 0 Å². The third-order valence-corrected chi connectivity index (χ3v) is 6.14. The molecular formula is C20H32N4O. The maximum Gasteiger partial charge on any atom is 0.133 e. The zero-order chi connectivity index (χ0) is 16.9. The Kier molecular flexibility index (Phi) is 5.95. The first-order valence-electron chi connectivity index (χ1n) is 10.2. The predicted molar refractivity (Wildman–Crippen MR) is 98.5 cm³/mol. The summed E-state index contributed by atoms with van der Waals surface area (Å²) in [5, 5.41) is 0. The van der Waals surface area contributed by atoms with E-state index in [0.29, 0.717) is 5.92 Å². The van der Waals surface area contributed by atoms with Crippen LogP contribution in [0.2, 0.25) is 0 Å². The lowest BCUT2D eigenvalue weighted by atomic mass is 9.94. The molecule has 4 rings (SSSR count). The normalized spacial score (nSPS) is 27.4. The quantitative estimate of drug-likeness (QED) is 0.840. The van der Waals surface area contributed by atoms with E-state index in [1.165, 1.54) is 64.0 Å². The second-order valence-corrected chi connectivity index (χ2v) is 7.92. The van der Waals surface area contributed by atoms with Gasteiger partial charge in [0.15, 0.2) is 0 Å². The highest BCUT2D eigenvalue weighted by Crippen LogP contribution is 2.24. The van der Waals surface area contributed by atoms with Crippen LogP contribution in [0.25, 0.3) is 0 Å². The van der Waals surface area contributed by atoms with Gasteiger partial charge in [-0.2, -0.15) is 0 Å². The van der Waals surface area contributed by atoms with E-state index in [2.05, 4.69) is 20.9 Å². The minimum Gasteiger partial charge on any atom is -0.381 e. The third kappa shape index (κ3) is 4.57. The summed E-state index contributed by atoms with van der Waals surface area (Å²) in [5.41, 5.74) is 1.17. The Morgan fingerprint density at radius 1 is 1.00 bits per heavy atom. The van der Waals surface area contributed by atoms with Crippen LogP contribution in [0.3, 0.4) is 0 Å². The van der Waals surface area contributed by atoms with Crippen LogP contribution < -0.4 is 0 Å². The predicted octanol–water partition coefficient (Wildman–Crippen LogP) is 2.82. The zero-order valence-electron chi connectivity index (χ0n) is 15.4. The fraction of sp³-hybridized carbons (Fsp3) is 0.800. The number of ether oxygens (including phenoxy) is 1. The van der Waals surface area contributed by atoms with Crippen LogP contribution in [-0.2, 0) is 11.3 Å². The molecule has 1 aromatic heterocycles. The van der Waals surface area contributed by atoms with Crippen LogP contribution in [0, 0.1) is 0 Å². The molecule has 0 bridgehead atoms. The minimum absolute atomic E-state index is 0.386. The number of rotatable bonds is 4. The molecule has 3 heterocycles. The van der Waals surface area contributed by atoms with Gasteiger partial charge in [-0.3, -0.25) is 9.80 Å². The van der Waals surface area contributed by atoms with Crippen molar-refractivity contribution >= 4 is 0 Å². The van der Waals surface area contributed by atoms with Gasteiger partial charge in [-0.15, -0.1) is 0 Å². The first-order valence-corrected chi connectivity index (χ1v) is 10.2. The van der Waals surface area contributed by atoms with Crippen LogP contribution in [0.5, 0.6) is 0 Å². The molecule has 1 aliphatic carbocycles. The first kappa shape index (κ1) is 17.4. The van der Waals surface area contributed by atoms with Crippen molar-refractivity contribution in [2.24, 2.45) is 0 Å². The lowest BCUT2D eigenvalue weighted by Crippen LogP contribution is -2.50. The van der Waals surface area contributed by atoms with Crippen molar-refractivity contribution in [3.05, 3.63) is 23.8 Å². The second-order valence-electron chi connectivity index (χ2n) is 7.92. The molecule has 0 spiro atoms. The molecule has 25 heavy (non-hydrogen) atoms. The van der Waals surface area contributed by atoms with Gasteiger partial charge >= 0.3 is 0 Å². The molecule has 0 aromatic carbocycles. The number of hydrogen-bond donors (Lipinski definition) is 0. The van der Waals surface area contributed by atoms with Crippen LogP contribution in [0.15, 0.2) is 12.3 Å². The van der Waals surface area contributed by atoms with Gasteiger partial charge in [-0.05, 0) is 31.7 Å². The van der Waals surface area contributed by atoms with Crippen molar-refractivity contribution in [1.29, 1.82) is 0 Å². The summed E-state index contributed by atoms with van der Waals surface area (Å²) < 4.78 is 5.60. The standard InChI is InChI=1S/C20H32N4O/c1-2-6-19(7-3-1)24-12-10-23(11-13-24)15-18-8-9-21-20(22-18)17-5-4-14-25-16-17/h8-9,17,19H,1-7,10-16H2/t17-/m0/s1. The fourth-order valence-corrected chi connectivity index (χ4v) is 4.60. The van der Waals surface area contributed by atoms with Crippen LogP contribution in [0.1, 0.15) is 62.4 Å².